The van der Waals surface area contributed by atoms with E-state index < -0.39 is 0 Å². The van der Waals surface area contributed by atoms with Crippen molar-refractivity contribution in [3.8, 4) is 11.3 Å². The Morgan fingerprint density at radius 2 is 1.94 bits per heavy atom. The number of hydrogen-bond donors (Lipinski definition) is 2. The van der Waals surface area contributed by atoms with Crippen molar-refractivity contribution in [1.82, 2.24) is 29.5 Å². The van der Waals surface area contributed by atoms with Gasteiger partial charge in [0.2, 0.25) is 5.95 Å². The molecule has 2 aliphatic heterocycles. The van der Waals surface area contributed by atoms with Crippen LogP contribution in [0, 0.1) is 5.41 Å². The average Bonchev–Trinajstić information content (AvgIpc) is 3.48. The van der Waals surface area contributed by atoms with Crippen molar-refractivity contribution in [3.05, 3.63) is 32.7 Å². The molecular weight excluding hydrogens is 491 g/mol. The second-order valence-corrected chi connectivity index (χ2v) is 10.4. The third-order valence-corrected chi connectivity index (χ3v) is 8.62. The number of anilines is 1. The zero-order valence-corrected chi connectivity index (χ0v) is 21.2. The number of rotatable bonds is 2. The minimum Gasteiger partial charge on any atom is -0.376 e. The fourth-order valence-electron chi connectivity index (χ4n) is 5.55. The lowest BCUT2D eigenvalue weighted by Crippen LogP contribution is -2.51. The highest BCUT2D eigenvalue weighted by Gasteiger charge is 2.47. The van der Waals surface area contributed by atoms with Crippen molar-refractivity contribution in [2.75, 3.05) is 24.6 Å². The molecule has 12 heteroatoms. The third-order valence-electron chi connectivity index (χ3n) is 7.80. The number of benzene rings is 1. The van der Waals surface area contributed by atoms with Gasteiger partial charge in [-0.1, -0.05) is 23.2 Å². The van der Waals surface area contributed by atoms with Crippen molar-refractivity contribution in [3.63, 3.8) is 0 Å². The van der Waals surface area contributed by atoms with E-state index in [1.807, 2.05) is 19.1 Å². The van der Waals surface area contributed by atoms with Gasteiger partial charge in [-0.2, -0.15) is 15.2 Å². The third kappa shape index (κ3) is 3.23. The number of aryl methyl sites for hydroxylation is 1. The summed E-state index contributed by atoms with van der Waals surface area (Å²) in [6.07, 6.45) is 1.84. The Labute approximate surface area is 210 Å². The average molecular weight is 517 g/mol. The summed E-state index contributed by atoms with van der Waals surface area (Å²) in [5.74, 6) is 0.591. The lowest BCUT2D eigenvalue weighted by atomic mass is 9.73. The Hall–Kier alpha value is -2.66. The molecular formula is C23H26Cl2N8O2. The summed E-state index contributed by atoms with van der Waals surface area (Å²) in [6.45, 7) is 4.21. The smallest absolute Gasteiger partial charge is 0.266 e. The van der Waals surface area contributed by atoms with Crippen molar-refractivity contribution in [1.29, 1.82) is 0 Å². The number of H-pyrrole nitrogens is 1. The topological polar surface area (TPSA) is 120 Å². The molecule has 2 aliphatic rings. The quantitative estimate of drug-likeness (QED) is 0.420. The number of ether oxygens (including phenoxy) is 1. The molecule has 2 saturated heterocycles. The fraction of sp³-hybridized carbons (Fsp3) is 0.478. The predicted octanol–water partition coefficient (Wildman–Crippen LogP) is 2.85. The van der Waals surface area contributed by atoms with Gasteiger partial charge in [0.05, 0.1) is 34.3 Å². The minimum absolute atomic E-state index is 0.0125. The van der Waals surface area contributed by atoms with E-state index in [2.05, 4.69) is 20.2 Å². The first kappa shape index (κ1) is 22.8. The van der Waals surface area contributed by atoms with Crippen molar-refractivity contribution >= 4 is 51.1 Å². The maximum absolute atomic E-state index is 13.5. The molecule has 0 saturated carbocycles. The number of aromatic amines is 1. The predicted molar refractivity (Wildman–Crippen MR) is 136 cm³/mol. The van der Waals surface area contributed by atoms with Crippen LogP contribution < -0.4 is 16.2 Å². The molecule has 0 unspecified atom stereocenters. The van der Waals surface area contributed by atoms with Crippen LogP contribution in [0.15, 0.2) is 16.9 Å². The van der Waals surface area contributed by atoms with Gasteiger partial charge in [-0.05, 0) is 31.9 Å². The zero-order chi connectivity index (χ0) is 24.6. The molecule has 3 N–H and O–H groups in total. The molecule has 0 amide bonds. The number of nitrogens with one attached hydrogen (secondary N) is 1. The summed E-state index contributed by atoms with van der Waals surface area (Å²) in [7, 11) is 3.49. The van der Waals surface area contributed by atoms with Crippen LogP contribution in [-0.4, -0.2) is 61.4 Å². The molecule has 2 atom stereocenters. The van der Waals surface area contributed by atoms with Crippen molar-refractivity contribution in [2.24, 2.45) is 25.2 Å². The summed E-state index contributed by atoms with van der Waals surface area (Å²) < 4.78 is 8.98. The molecule has 184 valence electrons. The molecule has 5 heterocycles. The number of aromatic nitrogens is 6. The summed E-state index contributed by atoms with van der Waals surface area (Å²) in [6, 6.07) is 3.66. The molecule has 35 heavy (non-hydrogen) atoms. The second kappa shape index (κ2) is 7.92. The molecule has 1 aromatic carbocycles. The van der Waals surface area contributed by atoms with E-state index >= 15 is 0 Å². The van der Waals surface area contributed by atoms with Gasteiger partial charge in [0, 0.05) is 44.2 Å². The first-order chi connectivity index (χ1) is 16.7. The lowest BCUT2D eigenvalue weighted by molar-refractivity contribution is 0.0973. The number of nitrogens with zero attached hydrogens (tertiary/aromatic N) is 6. The summed E-state index contributed by atoms with van der Waals surface area (Å²) in [4.78, 5) is 20.4. The molecule has 6 rings (SSSR count). The van der Waals surface area contributed by atoms with Gasteiger partial charge in [0.25, 0.3) is 5.56 Å². The SMILES string of the molecule is C[C@@H]1OCC2(CCN(c3nc4n[nH]c(-c5ccc6nn(C)c(Cl)c6c5Cl)c4c(=O)n3C)CC2)[C@@H]1N. The summed E-state index contributed by atoms with van der Waals surface area (Å²) >= 11 is 13.1. The molecule has 2 fully saturated rings. The molecule has 1 spiro atoms. The highest BCUT2D eigenvalue weighted by Crippen LogP contribution is 2.42. The van der Waals surface area contributed by atoms with Crippen molar-refractivity contribution < 1.29 is 4.74 Å². The standard InChI is InChI=1S/C23H26Cl2N8O2/c1-11-18(26)23(10-35-11)6-8-33(9-7-23)22-27-20-15(21(34)31(22)2)17(28-29-20)12-4-5-13-14(16(12)24)19(25)32(3)30-13/h4-5,11,18H,6-10,26H2,1-3H3,(H,28,29)/t11-,18+/m0/s1. The first-order valence-corrected chi connectivity index (χ1v) is 12.4. The van der Waals surface area contributed by atoms with Crippen LogP contribution in [0.25, 0.3) is 33.2 Å². The van der Waals surface area contributed by atoms with Gasteiger partial charge in [0.15, 0.2) is 5.65 Å². The number of halogens is 2. The van der Waals surface area contributed by atoms with Crippen LogP contribution >= 0.6 is 23.2 Å². The van der Waals surface area contributed by atoms with Crippen LogP contribution in [0.4, 0.5) is 5.95 Å². The Balaban J connectivity index is 1.39. The summed E-state index contributed by atoms with van der Waals surface area (Å²) in [5, 5.41) is 13.5. The molecule has 0 radical (unpaired) electrons. The Kier molecular flexibility index (Phi) is 5.16. The van der Waals surface area contributed by atoms with E-state index in [1.165, 1.54) is 0 Å². The van der Waals surface area contributed by atoms with E-state index in [-0.39, 0.29) is 23.1 Å². The Bertz CT molecular complexity index is 1530. The van der Waals surface area contributed by atoms with E-state index in [0.717, 1.165) is 25.9 Å². The van der Waals surface area contributed by atoms with Crippen LogP contribution in [-0.2, 0) is 18.8 Å². The van der Waals surface area contributed by atoms with E-state index in [1.54, 1.807) is 23.3 Å². The lowest BCUT2D eigenvalue weighted by Gasteiger charge is -2.41. The normalized spacial score (nSPS) is 22.2. The first-order valence-electron chi connectivity index (χ1n) is 11.6. The van der Waals surface area contributed by atoms with Crippen LogP contribution in [0.5, 0.6) is 0 Å². The van der Waals surface area contributed by atoms with Gasteiger partial charge in [-0.3, -0.25) is 19.1 Å². The molecule has 0 bridgehead atoms. The summed E-state index contributed by atoms with van der Waals surface area (Å²) in [5.41, 5.74) is 8.40. The van der Waals surface area contributed by atoms with E-state index in [0.29, 0.717) is 55.9 Å². The fourth-order valence-corrected chi connectivity index (χ4v) is 6.17. The highest BCUT2D eigenvalue weighted by atomic mass is 35.5. The number of nitrogens with two attached hydrogens (primary N) is 1. The highest BCUT2D eigenvalue weighted by molar-refractivity contribution is 6.43. The van der Waals surface area contributed by atoms with Crippen molar-refractivity contribution in [2.45, 2.75) is 31.9 Å². The maximum atomic E-state index is 13.5. The zero-order valence-electron chi connectivity index (χ0n) is 19.7. The van der Waals surface area contributed by atoms with E-state index in [4.69, 9.17) is 38.7 Å². The largest absolute Gasteiger partial charge is 0.376 e. The van der Waals surface area contributed by atoms with E-state index in [9.17, 15) is 4.79 Å². The minimum atomic E-state index is -0.197. The van der Waals surface area contributed by atoms with Crippen LogP contribution in [0.3, 0.4) is 0 Å². The van der Waals surface area contributed by atoms with Crippen LogP contribution in [0.2, 0.25) is 10.2 Å². The van der Waals surface area contributed by atoms with Gasteiger partial charge in [-0.25, -0.2) is 0 Å². The number of fused-ring (bicyclic) bond motifs is 2. The van der Waals surface area contributed by atoms with Gasteiger partial charge in [0.1, 0.15) is 10.5 Å². The second-order valence-electron chi connectivity index (χ2n) is 9.70. The van der Waals surface area contributed by atoms with Crippen LogP contribution in [0.1, 0.15) is 19.8 Å². The molecule has 0 aliphatic carbocycles. The molecule has 10 nitrogen and oxygen atoms in total. The van der Waals surface area contributed by atoms with Gasteiger partial charge < -0.3 is 15.4 Å². The maximum Gasteiger partial charge on any atom is 0.266 e. The molecule has 3 aromatic heterocycles. The number of hydrogen-bond acceptors (Lipinski definition) is 7. The molecule has 4 aromatic rings. The Morgan fingerprint density at radius 3 is 2.63 bits per heavy atom. The number of piperidine rings is 1. The van der Waals surface area contributed by atoms with Gasteiger partial charge >= 0.3 is 0 Å². The Morgan fingerprint density at radius 1 is 1.20 bits per heavy atom. The monoisotopic (exact) mass is 516 g/mol. The van der Waals surface area contributed by atoms with Gasteiger partial charge in [-0.15, -0.1) is 0 Å².